The van der Waals surface area contributed by atoms with Gasteiger partial charge in [0, 0.05) is 29.6 Å². The summed E-state index contributed by atoms with van der Waals surface area (Å²) in [4.78, 5) is 19.3. The van der Waals surface area contributed by atoms with E-state index < -0.39 is 0 Å². The van der Waals surface area contributed by atoms with Gasteiger partial charge in [0.1, 0.15) is 22.3 Å². The number of amides is 1. The second-order valence-electron chi connectivity index (χ2n) is 7.26. The third-order valence-electron chi connectivity index (χ3n) is 5.36. The van der Waals surface area contributed by atoms with Crippen molar-refractivity contribution in [3.05, 3.63) is 76.9 Å². The van der Waals surface area contributed by atoms with Crippen molar-refractivity contribution in [1.29, 1.82) is 0 Å². The zero-order chi connectivity index (χ0) is 21.5. The van der Waals surface area contributed by atoms with E-state index in [1.165, 1.54) is 47.7 Å². The van der Waals surface area contributed by atoms with Crippen LogP contribution in [0.5, 0.6) is 0 Å². The lowest BCUT2D eigenvalue weighted by Crippen LogP contribution is -2.41. The molecule has 0 N–H and O–H groups in total. The van der Waals surface area contributed by atoms with Crippen LogP contribution in [0.15, 0.2) is 53.9 Å². The average molecular weight is 437 g/mol. The Labute approximate surface area is 180 Å². The normalized spacial score (nSPS) is 15.7. The minimum atomic E-state index is -0.379. The fourth-order valence-corrected chi connectivity index (χ4v) is 4.52. The lowest BCUT2D eigenvalue weighted by Gasteiger charge is -2.33. The Morgan fingerprint density at radius 1 is 1.00 bits per heavy atom. The predicted molar refractivity (Wildman–Crippen MR) is 112 cm³/mol. The Kier molecular flexibility index (Phi) is 4.82. The Hall–Kier alpha value is -3.46. The maximum atomic E-state index is 13.2. The fourth-order valence-electron chi connectivity index (χ4n) is 3.71. The maximum absolute atomic E-state index is 13.2. The van der Waals surface area contributed by atoms with Gasteiger partial charge < -0.3 is 9.47 Å². The second-order valence-corrected chi connectivity index (χ2v) is 8.12. The SMILES string of the molecule is C[C@@H]1c2nnc(-c3csc(-c4ccc(F)cc4)n3)n2CCN1C(=O)c1ccc(F)cc1. The van der Waals surface area contributed by atoms with Gasteiger partial charge in [-0.05, 0) is 55.5 Å². The lowest BCUT2D eigenvalue weighted by atomic mass is 10.1. The molecule has 1 aliphatic heterocycles. The Morgan fingerprint density at radius 2 is 1.68 bits per heavy atom. The summed E-state index contributed by atoms with van der Waals surface area (Å²) < 4.78 is 28.4. The molecule has 1 amide bonds. The van der Waals surface area contributed by atoms with E-state index >= 15 is 0 Å². The van der Waals surface area contributed by atoms with Crippen molar-refractivity contribution >= 4 is 17.2 Å². The number of rotatable bonds is 3. The van der Waals surface area contributed by atoms with E-state index in [1.807, 2.05) is 16.9 Å². The summed E-state index contributed by atoms with van der Waals surface area (Å²) in [5.41, 5.74) is 1.96. The first-order valence-corrected chi connectivity index (χ1v) is 10.6. The van der Waals surface area contributed by atoms with E-state index in [0.717, 1.165) is 10.6 Å². The number of hydrogen-bond donors (Lipinski definition) is 0. The first-order valence-electron chi connectivity index (χ1n) is 9.73. The molecule has 0 unspecified atom stereocenters. The Morgan fingerprint density at radius 3 is 2.39 bits per heavy atom. The highest BCUT2D eigenvalue weighted by atomic mass is 32.1. The minimum absolute atomic E-state index is 0.171. The summed E-state index contributed by atoms with van der Waals surface area (Å²) in [7, 11) is 0. The highest BCUT2D eigenvalue weighted by Crippen LogP contribution is 2.32. The maximum Gasteiger partial charge on any atom is 0.254 e. The highest BCUT2D eigenvalue weighted by Gasteiger charge is 2.32. The van der Waals surface area contributed by atoms with Gasteiger partial charge in [0.05, 0.1) is 6.04 Å². The summed E-state index contributed by atoms with van der Waals surface area (Å²) >= 11 is 1.45. The molecule has 0 spiro atoms. The molecule has 0 fully saturated rings. The van der Waals surface area contributed by atoms with Crippen molar-refractivity contribution in [3.63, 3.8) is 0 Å². The smallest absolute Gasteiger partial charge is 0.254 e. The van der Waals surface area contributed by atoms with Crippen LogP contribution in [-0.4, -0.2) is 37.1 Å². The number of benzene rings is 2. The van der Waals surface area contributed by atoms with Crippen molar-refractivity contribution in [3.8, 4) is 22.1 Å². The predicted octanol–water partition coefficient (Wildman–Crippen LogP) is 4.56. The van der Waals surface area contributed by atoms with Gasteiger partial charge in [0.2, 0.25) is 0 Å². The molecule has 2 aromatic heterocycles. The molecular weight excluding hydrogens is 420 g/mol. The molecule has 5 rings (SSSR count). The number of thiazole rings is 1. The first-order chi connectivity index (χ1) is 15.0. The Bertz CT molecular complexity index is 1250. The largest absolute Gasteiger partial charge is 0.327 e. The van der Waals surface area contributed by atoms with Gasteiger partial charge in [0.15, 0.2) is 11.6 Å². The molecule has 0 saturated carbocycles. The van der Waals surface area contributed by atoms with Crippen molar-refractivity contribution in [1.82, 2.24) is 24.6 Å². The van der Waals surface area contributed by atoms with Crippen LogP contribution >= 0.6 is 11.3 Å². The van der Waals surface area contributed by atoms with Gasteiger partial charge in [0.25, 0.3) is 5.91 Å². The zero-order valence-corrected chi connectivity index (χ0v) is 17.3. The highest BCUT2D eigenvalue weighted by molar-refractivity contribution is 7.13. The second kappa shape index (κ2) is 7.66. The summed E-state index contributed by atoms with van der Waals surface area (Å²) in [6, 6.07) is 11.4. The molecule has 0 bridgehead atoms. The van der Waals surface area contributed by atoms with Gasteiger partial charge in [-0.15, -0.1) is 21.5 Å². The average Bonchev–Trinajstić information content (AvgIpc) is 3.42. The molecule has 156 valence electrons. The molecule has 1 aliphatic rings. The molecule has 3 heterocycles. The van der Waals surface area contributed by atoms with Crippen molar-refractivity contribution in [2.45, 2.75) is 19.5 Å². The number of carbonyl (C=O) groups is 1. The van der Waals surface area contributed by atoms with Crippen molar-refractivity contribution in [2.75, 3.05) is 6.54 Å². The third-order valence-corrected chi connectivity index (χ3v) is 6.25. The van der Waals surface area contributed by atoms with Crippen LogP contribution in [0.3, 0.4) is 0 Å². The molecule has 0 saturated heterocycles. The number of aromatic nitrogens is 4. The topological polar surface area (TPSA) is 63.9 Å². The van der Waals surface area contributed by atoms with Crippen LogP contribution in [0.25, 0.3) is 22.1 Å². The van der Waals surface area contributed by atoms with E-state index in [-0.39, 0.29) is 23.6 Å². The van der Waals surface area contributed by atoms with E-state index in [9.17, 15) is 13.6 Å². The van der Waals surface area contributed by atoms with Crippen LogP contribution in [0.2, 0.25) is 0 Å². The van der Waals surface area contributed by atoms with Gasteiger partial charge in [-0.1, -0.05) is 0 Å². The van der Waals surface area contributed by atoms with Gasteiger partial charge in [-0.3, -0.25) is 4.79 Å². The third kappa shape index (κ3) is 3.50. The number of halogens is 2. The van der Waals surface area contributed by atoms with Crippen LogP contribution in [0, 0.1) is 11.6 Å². The molecule has 6 nitrogen and oxygen atoms in total. The van der Waals surface area contributed by atoms with Crippen molar-refractivity contribution in [2.24, 2.45) is 0 Å². The molecule has 0 aliphatic carbocycles. The van der Waals surface area contributed by atoms with Crippen LogP contribution in [0.1, 0.15) is 29.1 Å². The van der Waals surface area contributed by atoms with Crippen LogP contribution in [-0.2, 0) is 6.54 Å². The monoisotopic (exact) mass is 437 g/mol. The summed E-state index contributed by atoms with van der Waals surface area (Å²) in [5.74, 6) is 0.473. The summed E-state index contributed by atoms with van der Waals surface area (Å²) in [6.45, 7) is 2.90. The first kappa shape index (κ1) is 19.5. The molecule has 31 heavy (non-hydrogen) atoms. The molecule has 4 aromatic rings. The van der Waals surface area contributed by atoms with E-state index in [0.29, 0.717) is 36.0 Å². The molecular formula is C22H17F2N5OS. The van der Waals surface area contributed by atoms with E-state index in [4.69, 9.17) is 0 Å². The van der Waals surface area contributed by atoms with Crippen LogP contribution in [0.4, 0.5) is 8.78 Å². The van der Waals surface area contributed by atoms with E-state index in [2.05, 4.69) is 15.2 Å². The minimum Gasteiger partial charge on any atom is -0.327 e. The number of nitrogens with zero attached hydrogens (tertiary/aromatic N) is 5. The standard InChI is InChI=1S/C22H17F2N5OS/c1-13-19-26-27-20(18-12-31-21(25-18)14-2-6-16(23)7-3-14)29(19)11-10-28(13)22(30)15-4-8-17(24)9-5-15/h2-9,12-13H,10-11H2,1H3/t13-/m1/s1. The number of hydrogen-bond acceptors (Lipinski definition) is 5. The number of carbonyl (C=O) groups excluding carboxylic acids is 1. The quantitative estimate of drug-likeness (QED) is 0.471. The van der Waals surface area contributed by atoms with Gasteiger partial charge >= 0.3 is 0 Å². The molecule has 1 atom stereocenters. The van der Waals surface area contributed by atoms with Gasteiger partial charge in [-0.25, -0.2) is 13.8 Å². The van der Waals surface area contributed by atoms with Crippen LogP contribution < -0.4 is 0 Å². The summed E-state index contributed by atoms with van der Waals surface area (Å²) in [6.07, 6.45) is 0. The molecule has 0 radical (unpaired) electrons. The lowest BCUT2D eigenvalue weighted by molar-refractivity contribution is 0.0638. The molecule has 9 heteroatoms. The fraction of sp³-hybridized carbons (Fsp3) is 0.182. The van der Waals surface area contributed by atoms with E-state index in [1.54, 1.807) is 17.0 Å². The summed E-state index contributed by atoms with van der Waals surface area (Å²) in [5, 5.41) is 11.3. The Balaban J connectivity index is 1.41. The van der Waals surface area contributed by atoms with Crippen molar-refractivity contribution < 1.29 is 13.6 Å². The zero-order valence-electron chi connectivity index (χ0n) is 16.5. The molecule has 2 aromatic carbocycles. The number of fused-ring (bicyclic) bond motifs is 1. The van der Waals surface area contributed by atoms with Gasteiger partial charge in [-0.2, -0.15) is 0 Å².